The molecule has 0 saturated carbocycles. The van der Waals surface area contributed by atoms with Crippen LogP contribution in [0, 0.1) is 5.92 Å². The Morgan fingerprint density at radius 1 is 1.22 bits per heavy atom. The van der Waals surface area contributed by atoms with E-state index < -0.39 is 6.10 Å². The number of aromatic hydroxyl groups is 3. The van der Waals surface area contributed by atoms with Crippen molar-refractivity contribution in [2.75, 3.05) is 7.11 Å². The number of allylic oxidation sites excluding steroid dienone is 3. The monoisotopic (exact) mass is 438 g/mol. The molecule has 32 heavy (non-hydrogen) atoms. The first-order chi connectivity index (χ1) is 15.1. The minimum absolute atomic E-state index is 0.0602. The van der Waals surface area contributed by atoms with Crippen LogP contribution in [0.15, 0.2) is 48.1 Å². The Kier molecular flexibility index (Phi) is 6.82. The van der Waals surface area contributed by atoms with Crippen molar-refractivity contribution in [3.8, 4) is 28.7 Å². The first-order valence-electron chi connectivity index (χ1n) is 10.6. The molecular formula is C26H30O6. The maximum atomic E-state index is 13.0. The van der Waals surface area contributed by atoms with Crippen molar-refractivity contribution in [2.24, 2.45) is 5.92 Å². The Morgan fingerprint density at radius 2 is 1.88 bits per heavy atom. The zero-order chi connectivity index (χ0) is 23.6. The summed E-state index contributed by atoms with van der Waals surface area (Å²) in [6.07, 6.45) is 2.35. The average Bonchev–Trinajstić information content (AvgIpc) is 2.71. The van der Waals surface area contributed by atoms with Crippen LogP contribution < -0.4 is 9.47 Å². The molecule has 0 radical (unpaired) electrons. The summed E-state index contributed by atoms with van der Waals surface area (Å²) in [5, 5.41) is 31.1. The number of benzene rings is 2. The molecule has 1 unspecified atom stereocenters. The van der Waals surface area contributed by atoms with Gasteiger partial charge in [0.1, 0.15) is 40.4 Å². The van der Waals surface area contributed by atoms with Crippen molar-refractivity contribution in [3.05, 3.63) is 64.8 Å². The Hall–Kier alpha value is -3.41. The molecule has 1 aliphatic heterocycles. The van der Waals surface area contributed by atoms with Crippen molar-refractivity contribution in [3.63, 3.8) is 0 Å². The van der Waals surface area contributed by atoms with E-state index in [-0.39, 0.29) is 52.2 Å². The van der Waals surface area contributed by atoms with Crippen molar-refractivity contribution in [1.82, 2.24) is 0 Å². The van der Waals surface area contributed by atoms with E-state index in [1.807, 2.05) is 20.8 Å². The summed E-state index contributed by atoms with van der Waals surface area (Å²) in [4.78, 5) is 13.0. The van der Waals surface area contributed by atoms with Gasteiger partial charge in [0.25, 0.3) is 0 Å². The van der Waals surface area contributed by atoms with Crippen LogP contribution in [0.25, 0.3) is 0 Å². The molecule has 2 aromatic rings. The fourth-order valence-electron chi connectivity index (χ4n) is 4.01. The summed E-state index contributed by atoms with van der Waals surface area (Å²) in [6.45, 7) is 10.1. The van der Waals surface area contributed by atoms with E-state index in [1.54, 1.807) is 0 Å². The minimum atomic E-state index is -0.900. The van der Waals surface area contributed by atoms with Gasteiger partial charge < -0.3 is 24.8 Å². The Morgan fingerprint density at radius 3 is 2.44 bits per heavy atom. The summed E-state index contributed by atoms with van der Waals surface area (Å²) in [5.74, 6) is -0.205. The van der Waals surface area contributed by atoms with Crippen LogP contribution in [0.2, 0.25) is 0 Å². The standard InChI is InChI=1S/C26H30O6/c1-14(2)9-10-16(15(3)4)11-17-22(31-5)12-20(29)25-21(30)13-23(32-26(17)25)24-18(27)7-6-8-19(24)28/h6-9,12,16,23,27-29H,3,10-11,13H2,1-2,4-5H3/t16?,23-/m0/s1. The quantitative estimate of drug-likeness (QED) is 0.486. The molecular weight excluding hydrogens is 408 g/mol. The van der Waals surface area contributed by atoms with Gasteiger partial charge in [-0.3, -0.25) is 4.79 Å². The number of rotatable bonds is 7. The highest BCUT2D eigenvalue weighted by Gasteiger charge is 2.36. The van der Waals surface area contributed by atoms with Gasteiger partial charge in [0.05, 0.1) is 19.1 Å². The molecule has 0 saturated heterocycles. The van der Waals surface area contributed by atoms with Gasteiger partial charge in [0, 0.05) is 11.6 Å². The van der Waals surface area contributed by atoms with Crippen molar-refractivity contribution in [1.29, 1.82) is 0 Å². The van der Waals surface area contributed by atoms with E-state index in [2.05, 4.69) is 12.7 Å². The highest BCUT2D eigenvalue weighted by molar-refractivity contribution is 6.03. The van der Waals surface area contributed by atoms with Gasteiger partial charge in [-0.05, 0) is 51.7 Å². The normalized spacial score (nSPS) is 16.0. The molecule has 0 spiro atoms. The number of Topliss-reactive ketones (excluding diaryl/α,β-unsaturated/α-hetero) is 1. The molecule has 1 aliphatic rings. The second kappa shape index (κ2) is 9.39. The minimum Gasteiger partial charge on any atom is -0.507 e. The maximum absolute atomic E-state index is 13.0. The lowest BCUT2D eigenvalue weighted by atomic mass is 9.86. The van der Waals surface area contributed by atoms with Gasteiger partial charge in [-0.25, -0.2) is 0 Å². The molecule has 6 heteroatoms. The smallest absolute Gasteiger partial charge is 0.174 e. The van der Waals surface area contributed by atoms with E-state index in [0.717, 1.165) is 12.0 Å². The summed E-state index contributed by atoms with van der Waals surface area (Å²) in [5.41, 5.74) is 3.04. The Balaban J connectivity index is 2.12. The van der Waals surface area contributed by atoms with Gasteiger partial charge in [0.2, 0.25) is 0 Å². The van der Waals surface area contributed by atoms with Gasteiger partial charge in [-0.2, -0.15) is 0 Å². The molecule has 0 aliphatic carbocycles. The number of phenols is 3. The van der Waals surface area contributed by atoms with Crippen LogP contribution in [0.3, 0.4) is 0 Å². The van der Waals surface area contributed by atoms with Crippen molar-refractivity contribution < 1.29 is 29.6 Å². The maximum Gasteiger partial charge on any atom is 0.174 e. The highest BCUT2D eigenvalue weighted by atomic mass is 16.5. The van der Waals surface area contributed by atoms with Crippen LogP contribution in [0.1, 0.15) is 61.2 Å². The van der Waals surface area contributed by atoms with Crippen molar-refractivity contribution in [2.45, 2.75) is 46.1 Å². The number of fused-ring (bicyclic) bond motifs is 1. The number of ether oxygens (including phenoxy) is 2. The highest BCUT2D eigenvalue weighted by Crippen LogP contribution is 2.49. The largest absolute Gasteiger partial charge is 0.507 e. The molecule has 0 fully saturated rings. The van der Waals surface area contributed by atoms with E-state index in [0.29, 0.717) is 17.7 Å². The lowest BCUT2D eigenvalue weighted by Crippen LogP contribution is -2.23. The number of hydrogen-bond acceptors (Lipinski definition) is 6. The molecule has 6 nitrogen and oxygen atoms in total. The summed E-state index contributed by atoms with van der Waals surface area (Å²) >= 11 is 0. The van der Waals surface area contributed by atoms with Gasteiger partial charge >= 0.3 is 0 Å². The number of hydrogen-bond donors (Lipinski definition) is 3. The molecule has 3 N–H and O–H groups in total. The first-order valence-corrected chi connectivity index (χ1v) is 10.6. The summed E-state index contributed by atoms with van der Waals surface area (Å²) in [7, 11) is 1.49. The van der Waals surface area contributed by atoms with Crippen LogP contribution in [-0.2, 0) is 6.42 Å². The Bertz CT molecular complexity index is 1060. The summed E-state index contributed by atoms with van der Waals surface area (Å²) < 4.78 is 11.7. The van der Waals surface area contributed by atoms with E-state index in [9.17, 15) is 20.1 Å². The number of carbonyl (C=O) groups excluding carboxylic acids is 1. The Labute approximate surface area is 188 Å². The van der Waals surface area contributed by atoms with Gasteiger partial charge in [0.15, 0.2) is 5.78 Å². The van der Waals surface area contributed by atoms with Crippen LogP contribution in [-0.4, -0.2) is 28.2 Å². The number of carbonyl (C=O) groups is 1. The topological polar surface area (TPSA) is 96.2 Å². The third kappa shape index (κ3) is 4.59. The zero-order valence-corrected chi connectivity index (χ0v) is 18.9. The predicted octanol–water partition coefficient (Wildman–Crippen LogP) is 5.61. The first kappa shape index (κ1) is 23.3. The second-order valence-corrected chi connectivity index (χ2v) is 8.49. The number of methoxy groups -OCH3 is 1. The predicted molar refractivity (Wildman–Crippen MR) is 123 cm³/mol. The van der Waals surface area contributed by atoms with E-state index in [4.69, 9.17) is 9.47 Å². The molecule has 170 valence electrons. The lowest BCUT2D eigenvalue weighted by molar-refractivity contribution is 0.0835. The number of phenolic OH excluding ortho intramolecular Hbond substituents is 3. The third-order valence-electron chi connectivity index (χ3n) is 5.79. The zero-order valence-electron chi connectivity index (χ0n) is 18.9. The summed E-state index contributed by atoms with van der Waals surface area (Å²) in [6, 6.07) is 5.80. The number of ketones is 1. The van der Waals surface area contributed by atoms with Gasteiger partial charge in [-0.15, -0.1) is 0 Å². The fraction of sp³-hybridized carbons (Fsp3) is 0.346. The molecule has 3 rings (SSSR count). The van der Waals surface area contributed by atoms with Crippen molar-refractivity contribution >= 4 is 5.78 Å². The van der Waals surface area contributed by atoms with E-state index in [1.165, 1.54) is 36.9 Å². The van der Waals surface area contributed by atoms with Crippen LogP contribution in [0.5, 0.6) is 28.7 Å². The molecule has 2 aromatic carbocycles. The van der Waals surface area contributed by atoms with Gasteiger partial charge in [-0.1, -0.05) is 29.9 Å². The third-order valence-corrected chi connectivity index (χ3v) is 5.79. The molecule has 2 atom stereocenters. The van der Waals surface area contributed by atoms with Crippen LogP contribution in [0.4, 0.5) is 0 Å². The molecule has 0 amide bonds. The SMILES string of the molecule is C=C(C)C(CC=C(C)C)Cc1c(OC)cc(O)c2c1O[C@H](c1c(O)cccc1O)CC2=O. The van der Waals surface area contributed by atoms with E-state index >= 15 is 0 Å². The fourth-order valence-corrected chi connectivity index (χ4v) is 4.01. The average molecular weight is 439 g/mol. The molecule has 0 bridgehead atoms. The second-order valence-electron chi connectivity index (χ2n) is 8.49. The molecule has 1 heterocycles. The molecule has 0 aromatic heterocycles. The lowest BCUT2D eigenvalue weighted by Gasteiger charge is -2.30. The van der Waals surface area contributed by atoms with Crippen LogP contribution >= 0.6 is 0 Å².